The van der Waals surface area contributed by atoms with Crippen molar-refractivity contribution in [2.75, 3.05) is 0 Å². The van der Waals surface area contributed by atoms with Crippen molar-refractivity contribution in [3.63, 3.8) is 0 Å². The van der Waals surface area contributed by atoms with Gasteiger partial charge < -0.3 is 9.52 Å². The van der Waals surface area contributed by atoms with E-state index >= 15 is 0 Å². The molecule has 0 fully saturated rings. The van der Waals surface area contributed by atoms with Gasteiger partial charge in [-0.2, -0.15) is 26.3 Å². The van der Waals surface area contributed by atoms with Gasteiger partial charge in [-0.05, 0) is 12.8 Å². The number of rotatable bonds is 6. The van der Waals surface area contributed by atoms with Gasteiger partial charge in [-0.15, -0.1) is 10.2 Å². The number of unbranched alkanes of at least 4 members (excludes halogenated alkanes) is 1. The summed E-state index contributed by atoms with van der Waals surface area (Å²) >= 11 is 0. The summed E-state index contributed by atoms with van der Waals surface area (Å²) in [5.74, 6) is -6.85. The van der Waals surface area contributed by atoms with Crippen LogP contribution in [0.15, 0.2) is 4.42 Å². The molecule has 0 aromatic carbocycles. The van der Waals surface area contributed by atoms with Crippen molar-refractivity contribution in [2.45, 2.75) is 44.0 Å². The van der Waals surface area contributed by atoms with Gasteiger partial charge in [0.1, 0.15) is 0 Å². The zero-order valence-electron chi connectivity index (χ0n) is 10.3. The second kappa shape index (κ2) is 6.31. The van der Waals surface area contributed by atoms with Crippen LogP contribution in [0.1, 0.15) is 37.0 Å². The summed E-state index contributed by atoms with van der Waals surface area (Å²) in [5.41, 5.74) is 0. The molecule has 0 spiro atoms. The molecule has 11 heteroatoms. The first-order valence-corrected chi connectivity index (χ1v) is 5.69. The minimum absolute atomic E-state index is 0.0945. The Morgan fingerprint density at radius 2 is 1.67 bits per heavy atom. The summed E-state index contributed by atoms with van der Waals surface area (Å²) in [6, 6.07) is 0. The largest absolute Gasteiger partial charge is 0.481 e. The van der Waals surface area contributed by atoms with Gasteiger partial charge in [0.25, 0.3) is 0 Å². The van der Waals surface area contributed by atoms with E-state index < -0.39 is 36.0 Å². The molecule has 1 rings (SSSR count). The van der Waals surface area contributed by atoms with E-state index in [9.17, 15) is 31.1 Å². The predicted octanol–water partition coefficient (Wildman–Crippen LogP) is 3.08. The Morgan fingerprint density at radius 3 is 2.14 bits per heavy atom. The highest BCUT2D eigenvalue weighted by molar-refractivity contribution is 5.66. The van der Waals surface area contributed by atoms with Crippen molar-refractivity contribution in [3.05, 3.63) is 11.8 Å². The molecule has 0 unspecified atom stereocenters. The quantitative estimate of drug-likeness (QED) is 0.644. The van der Waals surface area contributed by atoms with E-state index in [1.807, 2.05) is 0 Å². The molecule has 0 aliphatic rings. The van der Waals surface area contributed by atoms with Crippen LogP contribution in [0.3, 0.4) is 0 Å². The van der Waals surface area contributed by atoms with Crippen LogP contribution in [0.4, 0.5) is 26.3 Å². The molecule has 0 aliphatic heterocycles. The standard InChI is InChI=1S/C10H10F6N2O3/c11-9(12,13)7(10(14,15)16)8-18-17-5(21-8)3-1-2-4-6(19)20/h7H,1-4H2,(H,19,20). The summed E-state index contributed by atoms with van der Waals surface area (Å²) < 4.78 is 78.8. The maximum absolute atomic E-state index is 12.4. The number of aromatic nitrogens is 2. The lowest BCUT2D eigenvalue weighted by Gasteiger charge is -2.19. The summed E-state index contributed by atoms with van der Waals surface area (Å²) in [5, 5.41) is 14.3. The number of carbonyl (C=O) groups is 1. The van der Waals surface area contributed by atoms with Gasteiger partial charge in [-0.3, -0.25) is 4.79 Å². The molecule has 0 amide bonds. The van der Waals surface area contributed by atoms with Gasteiger partial charge in [-0.25, -0.2) is 0 Å². The van der Waals surface area contributed by atoms with Crippen molar-refractivity contribution >= 4 is 5.97 Å². The molecule has 0 saturated carbocycles. The van der Waals surface area contributed by atoms with Crippen molar-refractivity contribution < 1.29 is 40.7 Å². The van der Waals surface area contributed by atoms with E-state index in [-0.39, 0.29) is 25.7 Å². The molecule has 0 bridgehead atoms. The van der Waals surface area contributed by atoms with E-state index in [2.05, 4.69) is 14.6 Å². The van der Waals surface area contributed by atoms with Crippen molar-refractivity contribution in [3.8, 4) is 0 Å². The van der Waals surface area contributed by atoms with Crippen molar-refractivity contribution in [2.24, 2.45) is 0 Å². The first kappa shape index (κ1) is 17.2. The summed E-state index contributed by atoms with van der Waals surface area (Å²) in [6.45, 7) is 0. The lowest BCUT2D eigenvalue weighted by molar-refractivity contribution is -0.258. The van der Waals surface area contributed by atoms with Gasteiger partial charge in [-0.1, -0.05) is 0 Å². The number of alkyl halides is 6. The van der Waals surface area contributed by atoms with E-state index in [1.165, 1.54) is 0 Å². The maximum Gasteiger partial charge on any atom is 0.409 e. The predicted molar refractivity (Wildman–Crippen MR) is 54.3 cm³/mol. The number of hydrogen-bond acceptors (Lipinski definition) is 4. The third kappa shape index (κ3) is 5.23. The Hall–Kier alpha value is -1.81. The molecule has 0 saturated heterocycles. The average molecular weight is 320 g/mol. The van der Waals surface area contributed by atoms with Crippen LogP contribution < -0.4 is 0 Å². The smallest absolute Gasteiger partial charge is 0.409 e. The molecule has 1 heterocycles. The molecule has 0 atom stereocenters. The maximum atomic E-state index is 12.4. The Bertz CT molecular complexity index is 468. The topological polar surface area (TPSA) is 76.2 Å². The molecular weight excluding hydrogens is 310 g/mol. The Kier molecular flexibility index (Phi) is 5.18. The minimum Gasteiger partial charge on any atom is -0.481 e. The summed E-state index contributed by atoms with van der Waals surface area (Å²) in [7, 11) is 0. The number of carboxylic acid groups (broad SMARTS) is 1. The lowest BCUT2D eigenvalue weighted by atomic mass is 10.1. The van der Waals surface area contributed by atoms with E-state index in [4.69, 9.17) is 5.11 Å². The number of aliphatic carboxylic acids is 1. The Morgan fingerprint density at radius 1 is 1.10 bits per heavy atom. The van der Waals surface area contributed by atoms with Crippen molar-refractivity contribution in [1.82, 2.24) is 10.2 Å². The van der Waals surface area contributed by atoms with Gasteiger partial charge in [0.05, 0.1) is 0 Å². The highest BCUT2D eigenvalue weighted by Crippen LogP contribution is 2.45. The number of halogens is 6. The summed E-state index contributed by atoms with van der Waals surface area (Å²) in [6.07, 6.45) is -11.1. The van der Waals surface area contributed by atoms with Crippen molar-refractivity contribution in [1.29, 1.82) is 0 Å². The first-order chi connectivity index (χ1) is 9.51. The fourth-order valence-corrected chi connectivity index (χ4v) is 1.50. The number of carboxylic acids is 1. The van der Waals surface area contributed by atoms with Gasteiger partial charge >= 0.3 is 18.3 Å². The van der Waals surface area contributed by atoms with Gasteiger partial charge in [0.15, 0.2) is 0 Å². The second-order valence-electron chi connectivity index (χ2n) is 4.15. The third-order valence-electron chi connectivity index (χ3n) is 2.42. The highest BCUT2D eigenvalue weighted by atomic mass is 19.4. The van der Waals surface area contributed by atoms with Crippen LogP contribution in [-0.2, 0) is 11.2 Å². The van der Waals surface area contributed by atoms with Gasteiger partial charge in [0.2, 0.25) is 17.7 Å². The van der Waals surface area contributed by atoms with Crippen LogP contribution in [0.25, 0.3) is 0 Å². The molecule has 5 nitrogen and oxygen atoms in total. The fourth-order valence-electron chi connectivity index (χ4n) is 1.50. The molecular formula is C10H10F6N2O3. The Balaban J connectivity index is 2.74. The second-order valence-corrected chi connectivity index (χ2v) is 4.15. The van der Waals surface area contributed by atoms with Crippen LogP contribution in [0.2, 0.25) is 0 Å². The van der Waals surface area contributed by atoms with Gasteiger partial charge in [0, 0.05) is 12.8 Å². The highest BCUT2D eigenvalue weighted by Gasteiger charge is 2.60. The van der Waals surface area contributed by atoms with Crippen LogP contribution >= 0.6 is 0 Å². The number of nitrogens with zero attached hydrogens (tertiary/aromatic N) is 2. The summed E-state index contributed by atoms with van der Waals surface area (Å²) in [4.78, 5) is 10.2. The van der Waals surface area contributed by atoms with Crippen LogP contribution in [-0.4, -0.2) is 33.6 Å². The van der Waals surface area contributed by atoms with Crippen LogP contribution in [0, 0.1) is 0 Å². The molecule has 0 radical (unpaired) electrons. The molecule has 1 N–H and O–H groups in total. The molecule has 1 aromatic heterocycles. The third-order valence-corrected chi connectivity index (χ3v) is 2.42. The van der Waals surface area contributed by atoms with E-state index in [0.717, 1.165) is 0 Å². The Labute approximate surface area is 114 Å². The first-order valence-electron chi connectivity index (χ1n) is 5.69. The monoisotopic (exact) mass is 320 g/mol. The normalized spacial score (nSPS) is 12.9. The zero-order valence-corrected chi connectivity index (χ0v) is 10.3. The molecule has 21 heavy (non-hydrogen) atoms. The van der Waals surface area contributed by atoms with E-state index in [0.29, 0.717) is 0 Å². The minimum atomic E-state index is -5.59. The fraction of sp³-hybridized carbons (Fsp3) is 0.700. The molecule has 0 aliphatic carbocycles. The number of aryl methyl sites for hydroxylation is 1. The SMILES string of the molecule is O=C(O)CCCCc1nnc(C(C(F)(F)F)C(F)(F)F)o1. The number of hydrogen-bond donors (Lipinski definition) is 1. The van der Waals surface area contributed by atoms with E-state index in [1.54, 1.807) is 0 Å². The molecule has 120 valence electrons. The lowest BCUT2D eigenvalue weighted by Crippen LogP contribution is -2.34. The average Bonchev–Trinajstić information content (AvgIpc) is 2.68. The molecule has 1 aromatic rings. The van der Waals surface area contributed by atoms with Crippen LogP contribution in [0.5, 0.6) is 0 Å². The zero-order chi connectivity index (χ0) is 16.3.